The average molecular weight is 268 g/mol. The number of hydrogen-bond acceptors (Lipinski definition) is 3. The molecular formula is C5H2FIN2O2. The van der Waals surface area contributed by atoms with Gasteiger partial charge in [0.15, 0.2) is 0 Å². The molecule has 11 heavy (non-hydrogen) atoms. The van der Waals surface area contributed by atoms with Crippen molar-refractivity contribution in [2.45, 2.75) is 0 Å². The lowest BCUT2D eigenvalue weighted by Crippen LogP contribution is -1.96. The van der Waals surface area contributed by atoms with Gasteiger partial charge in [-0.15, -0.1) is 0 Å². The summed E-state index contributed by atoms with van der Waals surface area (Å²) in [6, 6.07) is 0. The van der Waals surface area contributed by atoms with Crippen LogP contribution in [0.4, 0.5) is 10.1 Å². The maximum atomic E-state index is 12.6. The zero-order chi connectivity index (χ0) is 8.43. The van der Waals surface area contributed by atoms with Crippen molar-refractivity contribution in [1.29, 1.82) is 0 Å². The smallest absolute Gasteiger partial charge is 0.260 e. The van der Waals surface area contributed by atoms with Gasteiger partial charge in [-0.1, -0.05) is 0 Å². The fourth-order valence-electron chi connectivity index (χ4n) is 0.579. The zero-order valence-corrected chi connectivity index (χ0v) is 7.28. The maximum absolute atomic E-state index is 12.6. The molecule has 1 aromatic heterocycles. The zero-order valence-electron chi connectivity index (χ0n) is 5.12. The molecule has 1 heterocycles. The van der Waals surface area contributed by atoms with Crippen LogP contribution in [0.5, 0.6) is 0 Å². The first-order chi connectivity index (χ1) is 5.13. The van der Waals surface area contributed by atoms with Crippen molar-refractivity contribution in [1.82, 2.24) is 4.98 Å². The summed E-state index contributed by atoms with van der Waals surface area (Å²) >= 11 is 1.66. The third-order valence-corrected chi connectivity index (χ3v) is 1.80. The summed E-state index contributed by atoms with van der Waals surface area (Å²) in [6.45, 7) is 0. The number of halogens is 2. The first kappa shape index (κ1) is 8.31. The molecule has 0 N–H and O–H groups in total. The molecule has 58 valence electrons. The minimum Gasteiger partial charge on any atom is -0.260 e. The molecule has 1 rings (SSSR count). The van der Waals surface area contributed by atoms with Gasteiger partial charge < -0.3 is 0 Å². The summed E-state index contributed by atoms with van der Waals surface area (Å²) < 4.78 is 12.8. The number of aromatic nitrogens is 1. The molecule has 0 atom stereocenters. The molecule has 0 bridgehead atoms. The van der Waals surface area contributed by atoms with Crippen LogP contribution in [0.1, 0.15) is 0 Å². The first-order valence-electron chi connectivity index (χ1n) is 2.56. The highest BCUT2D eigenvalue weighted by atomic mass is 127. The van der Waals surface area contributed by atoms with Crippen LogP contribution in [-0.2, 0) is 0 Å². The molecular weight excluding hydrogens is 266 g/mol. The summed E-state index contributed by atoms with van der Waals surface area (Å²) in [5, 5.41) is 10.2. The van der Waals surface area contributed by atoms with Gasteiger partial charge in [-0.3, -0.25) is 15.1 Å². The van der Waals surface area contributed by atoms with E-state index in [2.05, 4.69) is 4.98 Å². The van der Waals surface area contributed by atoms with Crippen LogP contribution in [0.25, 0.3) is 0 Å². The Morgan fingerprint density at radius 3 is 2.64 bits per heavy atom. The van der Waals surface area contributed by atoms with E-state index in [9.17, 15) is 14.5 Å². The average Bonchev–Trinajstić information content (AvgIpc) is 1.85. The highest BCUT2D eigenvalue weighted by Gasteiger charge is 2.17. The van der Waals surface area contributed by atoms with Crippen LogP contribution in [0.2, 0.25) is 0 Å². The van der Waals surface area contributed by atoms with Crippen molar-refractivity contribution in [2.24, 2.45) is 0 Å². The standard InChI is InChI=1S/C5H2FIN2O2/c6-3-1-8-2-4(7)5(3)9(10)11/h1-2H. The fraction of sp³-hybridized carbons (Fsp3) is 0. The largest absolute Gasteiger partial charge is 0.321 e. The van der Waals surface area contributed by atoms with Crippen LogP contribution in [-0.4, -0.2) is 9.91 Å². The monoisotopic (exact) mass is 268 g/mol. The van der Waals surface area contributed by atoms with Crippen molar-refractivity contribution in [2.75, 3.05) is 0 Å². The highest BCUT2D eigenvalue weighted by molar-refractivity contribution is 14.1. The van der Waals surface area contributed by atoms with E-state index in [1.165, 1.54) is 6.20 Å². The molecule has 0 aliphatic heterocycles. The first-order valence-corrected chi connectivity index (χ1v) is 3.64. The van der Waals surface area contributed by atoms with Crippen LogP contribution < -0.4 is 0 Å². The molecule has 0 amide bonds. The van der Waals surface area contributed by atoms with E-state index >= 15 is 0 Å². The topological polar surface area (TPSA) is 56.0 Å². The quantitative estimate of drug-likeness (QED) is 0.442. The van der Waals surface area contributed by atoms with Gasteiger partial charge in [0, 0.05) is 6.20 Å². The molecule has 0 aromatic carbocycles. The van der Waals surface area contributed by atoms with E-state index in [0.29, 0.717) is 0 Å². The summed E-state index contributed by atoms with van der Waals surface area (Å²) in [5.41, 5.74) is -0.513. The lowest BCUT2D eigenvalue weighted by molar-refractivity contribution is -0.388. The molecule has 6 heteroatoms. The summed E-state index contributed by atoms with van der Waals surface area (Å²) in [4.78, 5) is 12.9. The van der Waals surface area contributed by atoms with Gasteiger partial charge in [-0.25, -0.2) is 0 Å². The highest BCUT2D eigenvalue weighted by Crippen LogP contribution is 2.21. The molecule has 0 fully saturated rings. The SMILES string of the molecule is O=[N+]([O-])c1c(F)cncc1I. The number of hydrogen-bond donors (Lipinski definition) is 0. The number of rotatable bonds is 1. The van der Waals surface area contributed by atoms with Gasteiger partial charge in [0.1, 0.15) is 3.57 Å². The molecule has 1 aromatic rings. The second kappa shape index (κ2) is 3.07. The second-order valence-electron chi connectivity index (χ2n) is 1.71. The summed E-state index contributed by atoms with van der Waals surface area (Å²) in [6.07, 6.45) is 2.06. The Balaban J connectivity index is 3.32. The second-order valence-corrected chi connectivity index (χ2v) is 2.87. The normalized spacial score (nSPS) is 9.64. The summed E-state index contributed by atoms with van der Waals surface area (Å²) in [7, 11) is 0. The van der Waals surface area contributed by atoms with Crippen LogP contribution in [0.15, 0.2) is 12.4 Å². The van der Waals surface area contributed by atoms with E-state index in [1.54, 1.807) is 22.6 Å². The van der Waals surface area contributed by atoms with Crippen LogP contribution >= 0.6 is 22.6 Å². The number of nitrogens with zero attached hydrogens (tertiary/aromatic N) is 2. The van der Waals surface area contributed by atoms with Gasteiger partial charge in [0.2, 0.25) is 5.82 Å². The molecule has 4 nitrogen and oxygen atoms in total. The molecule has 0 unspecified atom stereocenters. The van der Waals surface area contributed by atoms with Crippen LogP contribution in [0, 0.1) is 19.5 Å². The van der Waals surface area contributed by atoms with Gasteiger partial charge in [-0.05, 0) is 22.6 Å². The predicted octanol–water partition coefficient (Wildman–Crippen LogP) is 1.73. The van der Waals surface area contributed by atoms with Crippen molar-refractivity contribution in [3.63, 3.8) is 0 Å². The molecule has 0 saturated heterocycles. The molecule has 0 aliphatic rings. The minimum atomic E-state index is -0.901. The van der Waals surface area contributed by atoms with E-state index in [0.717, 1.165) is 6.20 Å². The Morgan fingerprint density at radius 2 is 2.27 bits per heavy atom. The van der Waals surface area contributed by atoms with Crippen LogP contribution in [0.3, 0.4) is 0 Å². The van der Waals surface area contributed by atoms with Gasteiger partial charge >= 0.3 is 5.69 Å². The number of nitro groups is 1. The van der Waals surface area contributed by atoms with Gasteiger partial charge in [-0.2, -0.15) is 4.39 Å². The molecule has 0 aliphatic carbocycles. The third kappa shape index (κ3) is 1.62. The van der Waals surface area contributed by atoms with Gasteiger partial charge in [0.25, 0.3) is 0 Å². The van der Waals surface area contributed by atoms with E-state index < -0.39 is 16.4 Å². The van der Waals surface area contributed by atoms with E-state index in [1.807, 2.05) is 0 Å². The fourth-order valence-corrected chi connectivity index (χ4v) is 1.19. The van der Waals surface area contributed by atoms with Crippen molar-refractivity contribution >= 4 is 28.3 Å². The maximum Gasteiger partial charge on any atom is 0.321 e. The Hall–Kier alpha value is -0.790. The summed E-state index contributed by atoms with van der Waals surface area (Å²) in [5.74, 6) is -0.901. The Morgan fingerprint density at radius 1 is 1.64 bits per heavy atom. The van der Waals surface area contributed by atoms with E-state index in [-0.39, 0.29) is 3.57 Å². The predicted molar refractivity (Wildman–Crippen MR) is 43.6 cm³/mol. The minimum absolute atomic E-state index is 0.201. The lowest BCUT2D eigenvalue weighted by Gasteiger charge is -1.93. The Bertz CT molecular complexity index is 284. The van der Waals surface area contributed by atoms with Crippen molar-refractivity contribution in [3.8, 4) is 0 Å². The van der Waals surface area contributed by atoms with Gasteiger partial charge in [0.05, 0.1) is 11.1 Å². The molecule has 0 radical (unpaired) electrons. The van der Waals surface area contributed by atoms with E-state index in [4.69, 9.17) is 0 Å². The Labute approximate surface area is 74.7 Å². The number of pyridine rings is 1. The molecule has 0 spiro atoms. The Kier molecular flexibility index (Phi) is 2.32. The van der Waals surface area contributed by atoms with Crippen molar-refractivity contribution in [3.05, 3.63) is 31.9 Å². The molecule has 0 saturated carbocycles. The third-order valence-electron chi connectivity index (χ3n) is 1.01. The lowest BCUT2D eigenvalue weighted by atomic mass is 10.4. The van der Waals surface area contributed by atoms with Crippen molar-refractivity contribution < 1.29 is 9.31 Å².